The summed E-state index contributed by atoms with van der Waals surface area (Å²) in [4.78, 5) is 23.6. The van der Waals surface area contributed by atoms with Crippen molar-refractivity contribution in [3.8, 4) is 0 Å². The first-order valence-electron chi connectivity index (χ1n) is 5.00. The first kappa shape index (κ1) is 13.7. The lowest BCUT2D eigenvalue weighted by Crippen LogP contribution is -2.39. The lowest BCUT2D eigenvalue weighted by Gasteiger charge is -2.12. The van der Waals surface area contributed by atoms with Gasteiger partial charge in [0.1, 0.15) is 0 Å². The molecule has 0 aliphatic heterocycles. The summed E-state index contributed by atoms with van der Waals surface area (Å²) in [6.45, 7) is 1.40. The van der Waals surface area contributed by atoms with E-state index < -0.39 is 0 Å². The number of rotatable bonds is 6. The van der Waals surface area contributed by atoms with Crippen LogP contribution in [0, 0.1) is 0 Å². The Balaban J connectivity index is 3.38. The highest BCUT2D eigenvalue weighted by Gasteiger charge is 2.02. The van der Waals surface area contributed by atoms with Crippen LogP contribution in [0.3, 0.4) is 0 Å². The molecule has 0 aromatic heterocycles. The Labute approximate surface area is 90.2 Å². The van der Waals surface area contributed by atoms with Crippen molar-refractivity contribution in [2.24, 2.45) is 5.73 Å². The maximum absolute atomic E-state index is 11.1. The van der Waals surface area contributed by atoms with Crippen LogP contribution in [0.1, 0.15) is 12.8 Å². The molecule has 3 amide bonds. The summed E-state index contributed by atoms with van der Waals surface area (Å²) >= 11 is 0. The van der Waals surface area contributed by atoms with Gasteiger partial charge in [-0.2, -0.15) is 0 Å². The molecule has 0 bridgehead atoms. The van der Waals surface area contributed by atoms with Crippen LogP contribution >= 0.6 is 0 Å². The van der Waals surface area contributed by atoms with E-state index in [2.05, 4.69) is 10.6 Å². The van der Waals surface area contributed by atoms with E-state index in [9.17, 15) is 9.59 Å². The molecule has 4 N–H and O–H groups in total. The highest BCUT2D eigenvalue weighted by molar-refractivity contribution is 5.76. The van der Waals surface area contributed by atoms with E-state index in [-0.39, 0.29) is 11.9 Å². The number of hydrogen-bond acceptors (Lipinski definition) is 3. The van der Waals surface area contributed by atoms with E-state index in [0.29, 0.717) is 32.5 Å². The molecule has 0 spiro atoms. The molecule has 0 heterocycles. The smallest absolute Gasteiger partial charge is 0.316 e. The van der Waals surface area contributed by atoms with E-state index in [0.717, 1.165) is 0 Å². The van der Waals surface area contributed by atoms with Gasteiger partial charge in [-0.15, -0.1) is 0 Å². The summed E-state index contributed by atoms with van der Waals surface area (Å²) < 4.78 is 0. The Morgan fingerprint density at radius 2 is 1.80 bits per heavy atom. The molecule has 6 heteroatoms. The zero-order valence-corrected chi connectivity index (χ0v) is 9.38. The van der Waals surface area contributed by atoms with Crippen molar-refractivity contribution >= 4 is 11.9 Å². The van der Waals surface area contributed by atoms with Crippen LogP contribution in [0.5, 0.6) is 0 Å². The predicted molar refractivity (Wildman–Crippen MR) is 58.4 cm³/mol. The van der Waals surface area contributed by atoms with E-state index in [1.54, 1.807) is 14.1 Å². The Morgan fingerprint density at radius 3 is 2.33 bits per heavy atom. The minimum Gasteiger partial charge on any atom is -0.354 e. The highest BCUT2D eigenvalue weighted by atomic mass is 16.2. The molecule has 0 aromatic rings. The van der Waals surface area contributed by atoms with Crippen molar-refractivity contribution in [3.63, 3.8) is 0 Å². The van der Waals surface area contributed by atoms with Gasteiger partial charge in [-0.25, -0.2) is 4.79 Å². The van der Waals surface area contributed by atoms with Crippen LogP contribution < -0.4 is 16.4 Å². The molecule has 0 atom stereocenters. The molecular weight excluding hydrogens is 196 g/mol. The van der Waals surface area contributed by atoms with Gasteiger partial charge in [0.25, 0.3) is 0 Å². The fourth-order valence-corrected chi connectivity index (χ4v) is 0.880. The van der Waals surface area contributed by atoms with Gasteiger partial charge in [0.15, 0.2) is 0 Å². The van der Waals surface area contributed by atoms with Gasteiger partial charge >= 0.3 is 6.03 Å². The first-order valence-corrected chi connectivity index (χ1v) is 5.00. The molecular formula is C9H20N4O2. The van der Waals surface area contributed by atoms with Crippen LogP contribution in [0.4, 0.5) is 4.79 Å². The van der Waals surface area contributed by atoms with E-state index in [4.69, 9.17) is 5.73 Å². The topological polar surface area (TPSA) is 87.5 Å². The number of hydrogen-bond donors (Lipinski definition) is 3. The molecule has 0 radical (unpaired) electrons. The Kier molecular flexibility index (Phi) is 7.35. The standard InChI is InChI=1S/C9H20N4O2/c1-13(2)9(15)12-7-6-11-8(14)4-3-5-10/h3-7,10H2,1-2H3,(H,11,14)(H,12,15). The molecule has 0 saturated heterocycles. The largest absolute Gasteiger partial charge is 0.354 e. The van der Waals surface area contributed by atoms with Crippen molar-refractivity contribution in [1.29, 1.82) is 0 Å². The third kappa shape index (κ3) is 7.75. The summed E-state index contributed by atoms with van der Waals surface area (Å²) in [6.07, 6.45) is 1.13. The molecule has 0 aliphatic carbocycles. The summed E-state index contributed by atoms with van der Waals surface area (Å²) in [5, 5.41) is 5.33. The quantitative estimate of drug-likeness (QED) is 0.503. The summed E-state index contributed by atoms with van der Waals surface area (Å²) in [7, 11) is 3.32. The van der Waals surface area contributed by atoms with Gasteiger partial charge in [-0.3, -0.25) is 4.79 Å². The monoisotopic (exact) mass is 216 g/mol. The SMILES string of the molecule is CN(C)C(=O)NCCNC(=O)CCCN. The number of carbonyl (C=O) groups excluding carboxylic acids is 2. The van der Waals surface area contributed by atoms with Gasteiger partial charge in [-0.05, 0) is 13.0 Å². The zero-order chi connectivity index (χ0) is 11.7. The average Bonchev–Trinajstić information content (AvgIpc) is 2.20. The van der Waals surface area contributed by atoms with Crippen LogP contribution in [0.15, 0.2) is 0 Å². The number of carbonyl (C=O) groups is 2. The van der Waals surface area contributed by atoms with Crippen LogP contribution in [0.2, 0.25) is 0 Å². The zero-order valence-electron chi connectivity index (χ0n) is 9.38. The second-order valence-corrected chi connectivity index (χ2v) is 3.37. The van der Waals surface area contributed by atoms with E-state index in [1.807, 2.05) is 0 Å². The maximum atomic E-state index is 11.1. The van der Waals surface area contributed by atoms with Crippen molar-refractivity contribution < 1.29 is 9.59 Å². The molecule has 6 nitrogen and oxygen atoms in total. The maximum Gasteiger partial charge on any atom is 0.316 e. The second-order valence-electron chi connectivity index (χ2n) is 3.37. The number of amides is 3. The Bertz CT molecular complexity index is 206. The number of nitrogens with one attached hydrogen (secondary N) is 2. The third-order valence-electron chi connectivity index (χ3n) is 1.74. The van der Waals surface area contributed by atoms with Crippen LogP contribution in [-0.4, -0.2) is 50.6 Å². The molecule has 0 saturated carbocycles. The van der Waals surface area contributed by atoms with Gasteiger partial charge in [0.2, 0.25) is 5.91 Å². The predicted octanol–water partition coefficient (Wildman–Crippen LogP) is -0.887. The van der Waals surface area contributed by atoms with Gasteiger partial charge in [0, 0.05) is 33.6 Å². The van der Waals surface area contributed by atoms with E-state index >= 15 is 0 Å². The fraction of sp³-hybridized carbons (Fsp3) is 0.778. The lowest BCUT2D eigenvalue weighted by atomic mass is 10.3. The third-order valence-corrected chi connectivity index (χ3v) is 1.74. The van der Waals surface area contributed by atoms with Crippen molar-refractivity contribution in [2.75, 3.05) is 33.7 Å². The molecule has 0 unspecified atom stereocenters. The first-order chi connectivity index (χ1) is 7.07. The number of nitrogens with two attached hydrogens (primary N) is 1. The Morgan fingerprint density at radius 1 is 1.20 bits per heavy atom. The average molecular weight is 216 g/mol. The van der Waals surface area contributed by atoms with Crippen molar-refractivity contribution in [3.05, 3.63) is 0 Å². The molecule has 0 aliphatic rings. The summed E-state index contributed by atoms with van der Waals surface area (Å²) in [6, 6.07) is -0.161. The van der Waals surface area contributed by atoms with Crippen molar-refractivity contribution in [2.45, 2.75) is 12.8 Å². The second kappa shape index (κ2) is 8.05. The fourth-order valence-electron chi connectivity index (χ4n) is 0.880. The molecule has 0 rings (SSSR count). The van der Waals surface area contributed by atoms with E-state index in [1.165, 1.54) is 4.90 Å². The normalized spacial score (nSPS) is 9.53. The van der Waals surface area contributed by atoms with Crippen molar-refractivity contribution in [1.82, 2.24) is 15.5 Å². The molecule has 0 fully saturated rings. The van der Waals surface area contributed by atoms with Crippen LogP contribution in [-0.2, 0) is 4.79 Å². The molecule has 15 heavy (non-hydrogen) atoms. The van der Waals surface area contributed by atoms with Gasteiger partial charge in [-0.1, -0.05) is 0 Å². The summed E-state index contributed by atoms with van der Waals surface area (Å²) in [5.41, 5.74) is 5.26. The minimum atomic E-state index is -0.161. The van der Waals surface area contributed by atoms with Crippen LogP contribution in [0.25, 0.3) is 0 Å². The molecule has 0 aromatic carbocycles. The lowest BCUT2D eigenvalue weighted by molar-refractivity contribution is -0.121. The minimum absolute atomic E-state index is 0.0282. The summed E-state index contributed by atoms with van der Waals surface area (Å²) in [5.74, 6) is -0.0282. The Hall–Kier alpha value is -1.30. The number of urea groups is 1. The van der Waals surface area contributed by atoms with Gasteiger partial charge in [0.05, 0.1) is 0 Å². The molecule has 88 valence electrons. The highest BCUT2D eigenvalue weighted by Crippen LogP contribution is 1.84. The number of nitrogens with zero attached hydrogens (tertiary/aromatic N) is 1. The van der Waals surface area contributed by atoms with Gasteiger partial charge < -0.3 is 21.3 Å².